The Bertz CT molecular complexity index is 729. The highest BCUT2D eigenvalue weighted by Crippen LogP contribution is 2.23. The van der Waals surface area contributed by atoms with Gasteiger partial charge in [0.2, 0.25) is 0 Å². The lowest BCUT2D eigenvalue weighted by molar-refractivity contribution is -0.924. The van der Waals surface area contributed by atoms with E-state index in [0.29, 0.717) is 0 Å². The minimum atomic E-state index is 1.20. The van der Waals surface area contributed by atoms with Gasteiger partial charge in [-0.3, -0.25) is 4.48 Å². The molecule has 56 heavy (non-hydrogen) atoms. The first kappa shape index (κ1) is 55.4. The summed E-state index contributed by atoms with van der Waals surface area (Å²) in [4.78, 5) is 0. The molecule has 2 nitrogen and oxygen atoms in total. The highest BCUT2D eigenvalue weighted by atomic mass is 15.4. The highest BCUT2D eigenvalue weighted by Gasteiger charge is 2.28. The third-order valence-corrected chi connectivity index (χ3v) is 13.3. The van der Waals surface area contributed by atoms with Crippen LogP contribution in [0.1, 0.15) is 279 Å². The van der Waals surface area contributed by atoms with Crippen LogP contribution in [0.5, 0.6) is 0 Å². The predicted octanol–water partition coefficient (Wildman–Crippen LogP) is 18.2. The molecule has 0 radical (unpaired) electrons. The molecule has 0 aromatic carbocycles. The molecule has 0 heterocycles. The van der Waals surface area contributed by atoms with E-state index in [-0.39, 0.29) is 0 Å². The van der Waals surface area contributed by atoms with Crippen LogP contribution in [0.3, 0.4) is 0 Å². The highest BCUT2D eigenvalue weighted by molar-refractivity contribution is 4.77. The molecule has 0 aromatic rings. The van der Waals surface area contributed by atoms with Gasteiger partial charge in [-0.25, -0.2) is 0 Å². The van der Waals surface area contributed by atoms with E-state index in [9.17, 15) is 0 Å². The Balaban J connectivity index is 6.21. The van der Waals surface area contributed by atoms with Crippen molar-refractivity contribution >= 4 is 0 Å². The summed E-state index contributed by atoms with van der Waals surface area (Å²) in [7, 11) is 0. The maximum absolute atomic E-state index is 3.92. The fourth-order valence-electron chi connectivity index (χ4n) is 9.36. The van der Waals surface area contributed by atoms with Crippen LogP contribution in [-0.4, -0.2) is 54.8 Å². The summed E-state index contributed by atoms with van der Waals surface area (Å²) in [6.45, 7) is 25.4. The lowest BCUT2D eigenvalue weighted by Gasteiger charge is -2.40. The molecule has 0 atom stereocenters. The Morgan fingerprint density at radius 3 is 0.839 bits per heavy atom. The molecule has 0 saturated heterocycles. The van der Waals surface area contributed by atoms with Crippen molar-refractivity contribution in [3.05, 3.63) is 24.9 Å². The molecule has 0 rings (SSSR count). The smallest absolute Gasteiger partial charge is 0.103 e. The molecule has 0 aromatic heterocycles. The van der Waals surface area contributed by atoms with E-state index in [0.717, 1.165) is 0 Å². The monoisotopic (exact) mass is 787 g/mol. The van der Waals surface area contributed by atoms with Gasteiger partial charge in [-0.05, 0) is 89.9 Å². The second-order valence-electron chi connectivity index (χ2n) is 18.9. The molecule has 0 bridgehead atoms. The molecule has 0 spiro atoms. The zero-order chi connectivity index (χ0) is 40.9. The maximum atomic E-state index is 3.92. The van der Waals surface area contributed by atoms with E-state index in [2.05, 4.69) is 59.5 Å². The fourth-order valence-corrected chi connectivity index (χ4v) is 9.36. The van der Waals surface area contributed by atoms with Crippen LogP contribution in [0.2, 0.25) is 0 Å². The van der Waals surface area contributed by atoms with Crippen molar-refractivity contribution in [3.63, 3.8) is 0 Å². The van der Waals surface area contributed by atoms with Gasteiger partial charge in [0.25, 0.3) is 0 Å². The molecule has 0 saturated carbocycles. The zero-order valence-electron chi connectivity index (χ0n) is 40.2. The predicted molar refractivity (Wildman–Crippen MR) is 258 cm³/mol. The first-order chi connectivity index (χ1) is 27.6. The second kappa shape index (κ2) is 44.0. The minimum Gasteiger partial charge on any atom is -0.320 e. The quantitative estimate of drug-likeness (QED) is 0.0327. The number of allylic oxidation sites excluding steroid dienone is 1. The lowest BCUT2D eigenvalue weighted by atomic mass is 10.0. The second-order valence-corrected chi connectivity index (χ2v) is 18.9. The van der Waals surface area contributed by atoms with Gasteiger partial charge in [0.05, 0.1) is 45.5 Å². The van der Waals surface area contributed by atoms with Gasteiger partial charge < -0.3 is 4.48 Å². The number of hydrogen-bond donors (Lipinski definition) is 0. The Kier molecular flexibility index (Phi) is 43.5. The van der Waals surface area contributed by atoms with Gasteiger partial charge in [-0.2, -0.15) is 0 Å². The van der Waals surface area contributed by atoms with Crippen LogP contribution in [0, 0.1) is 0 Å². The zero-order valence-corrected chi connectivity index (χ0v) is 40.2. The Morgan fingerprint density at radius 1 is 0.304 bits per heavy atom. The third-order valence-electron chi connectivity index (χ3n) is 13.3. The van der Waals surface area contributed by atoms with Crippen LogP contribution in [0.4, 0.5) is 0 Å². The van der Waals surface area contributed by atoms with E-state index in [1.54, 1.807) is 0 Å². The summed E-state index contributed by atoms with van der Waals surface area (Å²) < 4.78 is 2.66. The van der Waals surface area contributed by atoms with Crippen molar-refractivity contribution in [2.24, 2.45) is 0 Å². The number of unbranched alkanes of at least 4 members (excludes halogenated alkanes) is 32. The van der Waals surface area contributed by atoms with Crippen LogP contribution in [0.15, 0.2) is 24.9 Å². The Hall–Kier alpha value is -0.600. The molecule has 2 heteroatoms. The fraction of sp³-hybridized carbons (Fsp3) is 0.926. The summed E-state index contributed by atoms with van der Waals surface area (Å²) in [6.07, 6.45) is 61.4. The molecular formula is C54H110N2+2. The number of rotatable bonds is 48. The SMILES string of the molecule is C=CCCCCCCCCC[N+](CC=C[N+](CCCCCCCC)(CCCCCCCC)CCCCCCCC)(CCCCCCCC)CCCCCCCC. The summed E-state index contributed by atoms with van der Waals surface area (Å²) in [6, 6.07) is 0. The molecule has 0 N–H and O–H groups in total. The van der Waals surface area contributed by atoms with Crippen molar-refractivity contribution in [2.45, 2.75) is 279 Å². The van der Waals surface area contributed by atoms with Gasteiger partial charge in [0.1, 0.15) is 6.54 Å². The van der Waals surface area contributed by atoms with Gasteiger partial charge in [0, 0.05) is 6.08 Å². The first-order valence-corrected chi connectivity index (χ1v) is 26.6. The normalized spacial score (nSPS) is 12.4. The van der Waals surface area contributed by atoms with E-state index >= 15 is 0 Å². The Labute approximate surface area is 357 Å². The molecule has 0 fully saturated rings. The lowest BCUT2D eigenvalue weighted by Crippen LogP contribution is -2.51. The molecular weight excluding hydrogens is 677 g/mol. The molecule has 0 amide bonds. The molecule has 0 aliphatic carbocycles. The van der Waals surface area contributed by atoms with Crippen molar-refractivity contribution in [1.82, 2.24) is 0 Å². The molecule has 0 unspecified atom stereocenters. The van der Waals surface area contributed by atoms with Gasteiger partial charge >= 0.3 is 0 Å². The average Bonchev–Trinajstić information content (AvgIpc) is 3.20. The van der Waals surface area contributed by atoms with Crippen molar-refractivity contribution in [1.29, 1.82) is 0 Å². The largest absolute Gasteiger partial charge is 0.320 e. The van der Waals surface area contributed by atoms with Gasteiger partial charge in [-0.15, -0.1) is 6.58 Å². The van der Waals surface area contributed by atoms with Crippen molar-refractivity contribution in [3.8, 4) is 0 Å². The number of nitrogens with zero attached hydrogens (tertiary/aromatic N) is 2. The number of hydrogen-bond acceptors (Lipinski definition) is 0. The topological polar surface area (TPSA) is 0 Å². The summed E-state index contributed by atoms with van der Waals surface area (Å²) in [5.74, 6) is 0. The van der Waals surface area contributed by atoms with Crippen molar-refractivity contribution in [2.75, 3.05) is 45.8 Å². The van der Waals surface area contributed by atoms with E-state index in [1.807, 2.05) is 0 Å². The van der Waals surface area contributed by atoms with Crippen LogP contribution in [-0.2, 0) is 0 Å². The van der Waals surface area contributed by atoms with Crippen LogP contribution >= 0.6 is 0 Å². The third kappa shape index (κ3) is 35.4. The van der Waals surface area contributed by atoms with E-state index in [4.69, 9.17) is 0 Å². The van der Waals surface area contributed by atoms with Gasteiger partial charge in [0.15, 0.2) is 0 Å². The van der Waals surface area contributed by atoms with E-state index in [1.165, 1.54) is 299 Å². The van der Waals surface area contributed by atoms with Crippen molar-refractivity contribution < 1.29 is 8.97 Å². The maximum Gasteiger partial charge on any atom is 0.103 e. The van der Waals surface area contributed by atoms with Crippen LogP contribution in [0.25, 0.3) is 0 Å². The minimum absolute atomic E-state index is 1.20. The summed E-state index contributed by atoms with van der Waals surface area (Å²) in [5, 5.41) is 0. The molecule has 0 aliphatic heterocycles. The van der Waals surface area contributed by atoms with Crippen LogP contribution < -0.4 is 0 Å². The number of quaternary nitrogens is 2. The first-order valence-electron chi connectivity index (χ1n) is 26.6. The molecule has 0 aliphatic rings. The summed E-state index contributed by atoms with van der Waals surface area (Å²) in [5.41, 5.74) is 0. The summed E-state index contributed by atoms with van der Waals surface area (Å²) >= 11 is 0. The van der Waals surface area contributed by atoms with E-state index < -0.39 is 0 Å². The molecule has 334 valence electrons. The standard InChI is InChI=1S/C54H110N2/c1-7-13-19-25-31-32-33-39-45-52-56(50-43-37-29-23-17-11-5,51-44-38-30-24-18-12-6)54-46-53-55(47-40-34-26-20-14-8-2,48-41-35-27-21-15-9-3)49-42-36-28-22-16-10-4/h7,46,53H,1,8-45,47-52,54H2,2-6H3/q+2. The van der Waals surface area contributed by atoms with Gasteiger partial charge in [-0.1, -0.05) is 195 Å². The Morgan fingerprint density at radius 2 is 0.554 bits per heavy atom. The average molecular weight is 787 g/mol.